The zero-order chi connectivity index (χ0) is 17.4. The standard InChI is InChI=1S/C18H19IN2O3/c1-3-23-16-10-5-13(11-17(16)24-4-2)12-20-21-18(22)14-6-8-15(19)9-7-14/h5-12H,3-4H2,1-2H3,(H,21,22). The predicted molar refractivity (Wildman–Crippen MR) is 103 cm³/mol. The summed E-state index contributed by atoms with van der Waals surface area (Å²) in [7, 11) is 0. The van der Waals surface area contributed by atoms with Crippen LogP contribution in [0.25, 0.3) is 0 Å². The normalized spacial score (nSPS) is 10.6. The number of rotatable bonds is 7. The van der Waals surface area contributed by atoms with Crippen LogP contribution >= 0.6 is 22.6 Å². The fraction of sp³-hybridized carbons (Fsp3) is 0.222. The molecule has 0 aliphatic heterocycles. The van der Waals surface area contributed by atoms with Crippen molar-refractivity contribution in [3.8, 4) is 11.5 Å². The highest BCUT2D eigenvalue weighted by atomic mass is 127. The molecule has 126 valence electrons. The summed E-state index contributed by atoms with van der Waals surface area (Å²) in [6, 6.07) is 12.8. The third kappa shape index (κ3) is 5.23. The van der Waals surface area contributed by atoms with Gasteiger partial charge in [0.1, 0.15) is 0 Å². The van der Waals surface area contributed by atoms with Crippen LogP contribution in [0, 0.1) is 3.57 Å². The van der Waals surface area contributed by atoms with Crippen LogP contribution in [0.4, 0.5) is 0 Å². The van der Waals surface area contributed by atoms with Crippen molar-refractivity contribution in [2.45, 2.75) is 13.8 Å². The molecule has 0 radical (unpaired) electrons. The first-order valence-electron chi connectivity index (χ1n) is 7.62. The number of amides is 1. The van der Waals surface area contributed by atoms with Crippen LogP contribution < -0.4 is 14.9 Å². The van der Waals surface area contributed by atoms with E-state index in [9.17, 15) is 4.79 Å². The van der Waals surface area contributed by atoms with E-state index in [1.54, 1.807) is 18.3 Å². The molecule has 0 saturated carbocycles. The van der Waals surface area contributed by atoms with Gasteiger partial charge in [-0.05, 0) is 84.5 Å². The van der Waals surface area contributed by atoms with Gasteiger partial charge in [0.15, 0.2) is 11.5 Å². The minimum absolute atomic E-state index is 0.251. The van der Waals surface area contributed by atoms with Crippen molar-refractivity contribution in [3.05, 3.63) is 57.2 Å². The lowest BCUT2D eigenvalue weighted by molar-refractivity contribution is 0.0955. The molecule has 0 aliphatic carbocycles. The van der Waals surface area contributed by atoms with E-state index < -0.39 is 0 Å². The molecule has 0 saturated heterocycles. The fourth-order valence-electron chi connectivity index (χ4n) is 1.98. The largest absolute Gasteiger partial charge is 0.490 e. The van der Waals surface area contributed by atoms with Crippen LogP contribution in [-0.4, -0.2) is 25.3 Å². The molecule has 0 unspecified atom stereocenters. The van der Waals surface area contributed by atoms with Crippen molar-refractivity contribution >= 4 is 34.7 Å². The lowest BCUT2D eigenvalue weighted by atomic mass is 10.2. The Morgan fingerprint density at radius 2 is 1.75 bits per heavy atom. The van der Waals surface area contributed by atoms with Gasteiger partial charge in [0.25, 0.3) is 5.91 Å². The molecule has 6 heteroatoms. The van der Waals surface area contributed by atoms with Crippen LogP contribution in [0.5, 0.6) is 11.5 Å². The van der Waals surface area contributed by atoms with Crippen molar-refractivity contribution in [1.29, 1.82) is 0 Å². The van der Waals surface area contributed by atoms with E-state index in [-0.39, 0.29) is 5.91 Å². The number of carbonyl (C=O) groups is 1. The molecular formula is C18H19IN2O3. The second-order valence-electron chi connectivity index (χ2n) is 4.78. The van der Waals surface area contributed by atoms with Crippen LogP contribution in [-0.2, 0) is 0 Å². The molecule has 1 amide bonds. The van der Waals surface area contributed by atoms with Crippen LogP contribution in [0.1, 0.15) is 29.8 Å². The molecule has 5 nitrogen and oxygen atoms in total. The number of nitrogens with zero attached hydrogens (tertiary/aromatic N) is 1. The molecule has 0 fully saturated rings. The zero-order valence-electron chi connectivity index (χ0n) is 13.6. The molecule has 2 aromatic carbocycles. The van der Waals surface area contributed by atoms with Gasteiger partial charge in [-0.15, -0.1) is 0 Å². The molecule has 0 aromatic heterocycles. The second-order valence-corrected chi connectivity index (χ2v) is 6.02. The summed E-state index contributed by atoms with van der Waals surface area (Å²) in [6.45, 7) is 4.95. The Balaban J connectivity index is 2.04. The van der Waals surface area contributed by atoms with E-state index >= 15 is 0 Å². The summed E-state index contributed by atoms with van der Waals surface area (Å²) < 4.78 is 12.2. The number of carbonyl (C=O) groups excluding carboxylic acids is 1. The Morgan fingerprint density at radius 1 is 1.08 bits per heavy atom. The predicted octanol–water partition coefficient (Wildman–Crippen LogP) is 3.85. The Hall–Kier alpha value is -2.09. The highest BCUT2D eigenvalue weighted by Gasteiger charge is 2.06. The molecule has 24 heavy (non-hydrogen) atoms. The highest BCUT2D eigenvalue weighted by Crippen LogP contribution is 2.27. The maximum atomic E-state index is 12.0. The van der Waals surface area contributed by atoms with E-state index in [0.29, 0.717) is 30.3 Å². The summed E-state index contributed by atoms with van der Waals surface area (Å²) in [5.74, 6) is 1.10. The van der Waals surface area contributed by atoms with E-state index in [2.05, 4.69) is 33.1 Å². The number of hydrazone groups is 1. The molecule has 0 aliphatic rings. The van der Waals surface area contributed by atoms with Gasteiger partial charge >= 0.3 is 0 Å². The average Bonchev–Trinajstić information content (AvgIpc) is 2.58. The quantitative estimate of drug-likeness (QED) is 0.406. The van der Waals surface area contributed by atoms with Crippen LogP contribution in [0.15, 0.2) is 47.6 Å². The van der Waals surface area contributed by atoms with Gasteiger partial charge in [-0.25, -0.2) is 5.43 Å². The van der Waals surface area contributed by atoms with E-state index in [1.807, 2.05) is 44.2 Å². The SMILES string of the molecule is CCOc1ccc(C=NNC(=O)c2ccc(I)cc2)cc1OCC. The molecule has 2 rings (SSSR count). The van der Waals surface area contributed by atoms with Gasteiger partial charge in [0.2, 0.25) is 0 Å². The molecule has 0 atom stereocenters. The van der Waals surface area contributed by atoms with Gasteiger partial charge in [-0.3, -0.25) is 4.79 Å². The van der Waals surface area contributed by atoms with Gasteiger partial charge in [0, 0.05) is 9.13 Å². The monoisotopic (exact) mass is 438 g/mol. The molecule has 2 aromatic rings. The lowest BCUT2D eigenvalue weighted by Gasteiger charge is -2.11. The molecule has 0 heterocycles. The van der Waals surface area contributed by atoms with Crippen molar-refractivity contribution in [1.82, 2.24) is 5.43 Å². The van der Waals surface area contributed by atoms with Gasteiger partial charge in [-0.1, -0.05) is 0 Å². The van der Waals surface area contributed by atoms with Crippen molar-refractivity contribution in [3.63, 3.8) is 0 Å². The topological polar surface area (TPSA) is 59.9 Å². The van der Waals surface area contributed by atoms with Crippen LogP contribution in [0.2, 0.25) is 0 Å². The number of hydrogen-bond acceptors (Lipinski definition) is 4. The van der Waals surface area contributed by atoms with E-state index in [4.69, 9.17) is 9.47 Å². The first kappa shape index (κ1) is 18.3. The highest BCUT2D eigenvalue weighted by molar-refractivity contribution is 14.1. The van der Waals surface area contributed by atoms with E-state index in [0.717, 1.165) is 9.13 Å². The Bertz CT molecular complexity index is 715. The van der Waals surface area contributed by atoms with Crippen LogP contribution in [0.3, 0.4) is 0 Å². The molecule has 0 spiro atoms. The summed E-state index contributed by atoms with van der Waals surface area (Å²) >= 11 is 2.19. The average molecular weight is 438 g/mol. The Labute approximate surface area is 155 Å². The van der Waals surface area contributed by atoms with Gasteiger partial charge in [-0.2, -0.15) is 5.10 Å². The summed E-state index contributed by atoms with van der Waals surface area (Å²) in [4.78, 5) is 12.0. The van der Waals surface area contributed by atoms with Crippen molar-refractivity contribution in [2.75, 3.05) is 13.2 Å². The number of halogens is 1. The van der Waals surface area contributed by atoms with E-state index in [1.165, 1.54) is 0 Å². The molecule has 1 N–H and O–H groups in total. The number of nitrogens with one attached hydrogen (secondary N) is 1. The maximum absolute atomic E-state index is 12.0. The van der Waals surface area contributed by atoms with Gasteiger partial charge < -0.3 is 9.47 Å². The minimum atomic E-state index is -0.251. The summed E-state index contributed by atoms with van der Waals surface area (Å²) in [6.07, 6.45) is 1.57. The lowest BCUT2D eigenvalue weighted by Crippen LogP contribution is -2.17. The number of ether oxygens (including phenoxy) is 2. The van der Waals surface area contributed by atoms with Gasteiger partial charge in [0.05, 0.1) is 19.4 Å². The van der Waals surface area contributed by atoms with Crippen molar-refractivity contribution < 1.29 is 14.3 Å². The molecular weight excluding hydrogens is 419 g/mol. The Morgan fingerprint density at radius 3 is 2.42 bits per heavy atom. The smallest absolute Gasteiger partial charge is 0.271 e. The first-order chi connectivity index (χ1) is 11.6. The maximum Gasteiger partial charge on any atom is 0.271 e. The third-order valence-corrected chi connectivity index (χ3v) is 3.77. The number of benzene rings is 2. The van der Waals surface area contributed by atoms with Crippen molar-refractivity contribution in [2.24, 2.45) is 5.10 Å². The minimum Gasteiger partial charge on any atom is -0.490 e. The third-order valence-electron chi connectivity index (χ3n) is 3.05. The first-order valence-corrected chi connectivity index (χ1v) is 8.70. The summed E-state index contributed by atoms with van der Waals surface area (Å²) in [5, 5.41) is 3.99. The Kier molecular flexibility index (Phi) is 7.05. The zero-order valence-corrected chi connectivity index (χ0v) is 15.7. The second kappa shape index (κ2) is 9.27. The fourth-order valence-corrected chi connectivity index (χ4v) is 2.34. The molecule has 0 bridgehead atoms. The summed E-state index contributed by atoms with van der Waals surface area (Å²) in [5.41, 5.74) is 3.89. The number of hydrogen-bond donors (Lipinski definition) is 1.